The maximum absolute atomic E-state index is 13.0. The second-order valence-corrected chi connectivity index (χ2v) is 8.18. The van der Waals surface area contributed by atoms with E-state index in [1.54, 1.807) is 11.9 Å². The molecule has 0 aliphatic carbocycles. The third-order valence-corrected chi connectivity index (χ3v) is 5.87. The van der Waals surface area contributed by atoms with Crippen molar-refractivity contribution in [3.63, 3.8) is 0 Å². The molecule has 2 amide bonds. The highest BCUT2D eigenvalue weighted by Crippen LogP contribution is 2.35. The standard InChI is InChI=1S/C24H31N3O2/c1-16(2)17-9-11-18(12-10-17)21(25)15-26-24(29)20-13-14-22(28)27(3)23(20)19-7-5-4-6-8-19/h4-12,16,20-21,23H,13-15,25H2,1-3H3,(H,26,29). The van der Waals surface area contributed by atoms with Crippen molar-refractivity contribution in [3.05, 3.63) is 71.3 Å². The lowest BCUT2D eigenvalue weighted by Gasteiger charge is -2.38. The third kappa shape index (κ3) is 4.85. The van der Waals surface area contributed by atoms with Crippen LogP contribution in [-0.2, 0) is 9.59 Å². The molecule has 154 valence electrons. The van der Waals surface area contributed by atoms with Gasteiger partial charge in [0, 0.05) is 26.1 Å². The summed E-state index contributed by atoms with van der Waals surface area (Å²) in [7, 11) is 1.78. The minimum Gasteiger partial charge on any atom is -0.354 e. The smallest absolute Gasteiger partial charge is 0.225 e. The molecule has 0 aromatic heterocycles. The lowest BCUT2D eigenvalue weighted by Crippen LogP contribution is -2.47. The van der Waals surface area contributed by atoms with Gasteiger partial charge < -0.3 is 16.0 Å². The SMILES string of the molecule is CC(C)c1ccc(C(N)CNC(=O)C2CCC(=O)N(C)C2c2ccccc2)cc1. The molecule has 1 saturated heterocycles. The fraction of sp³-hybridized carbons (Fsp3) is 0.417. The zero-order chi connectivity index (χ0) is 21.0. The van der Waals surface area contributed by atoms with Gasteiger partial charge in [0.1, 0.15) is 0 Å². The molecule has 0 bridgehead atoms. The molecule has 5 heteroatoms. The van der Waals surface area contributed by atoms with Gasteiger partial charge in [-0.15, -0.1) is 0 Å². The van der Waals surface area contributed by atoms with Crippen molar-refractivity contribution in [1.29, 1.82) is 0 Å². The van der Waals surface area contributed by atoms with E-state index in [0.29, 0.717) is 25.3 Å². The Morgan fingerprint density at radius 3 is 2.34 bits per heavy atom. The first-order chi connectivity index (χ1) is 13.9. The van der Waals surface area contributed by atoms with Crippen LogP contribution in [0.4, 0.5) is 0 Å². The Balaban J connectivity index is 1.67. The van der Waals surface area contributed by atoms with Gasteiger partial charge in [-0.2, -0.15) is 0 Å². The Morgan fingerprint density at radius 1 is 1.10 bits per heavy atom. The zero-order valence-corrected chi connectivity index (χ0v) is 17.5. The summed E-state index contributed by atoms with van der Waals surface area (Å²) in [5.41, 5.74) is 9.57. The summed E-state index contributed by atoms with van der Waals surface area (Å²) in [6.45, 7) is 4.68. The molecular weight excluding hydrogens is 362 g/mol. The Kier molecular flexibility index (Phi) is 6.70. The zero-order valence-electron chi connectivity index (χ0n) is 17.5. The van der Waals surface area contributed by atoms with E-state index in [-0.39, 0.29) is 29.8 Å². The maximum atomic E-state index is 13.0. The van der Waals surface area contributed by atoms with Crippen LogP contribution in [0.5, 0.6) is 0 Å². The van der Waals surface area contributed by atoms with Gasteiger partial charge in [0.25, 0.3) is 0 Å². The summed E-state index contributed by atoms with van der Waals surface area (Å²) < 4.78 is 0. The van der Waals surface area contributed by atoms with Gasteiger partial charge in [0.2, 0.25) is 11.8 Å². The monoisotopic (exact) mass is 393 g/mol. The number of piperidine rings is 1. The van der Waals surface area contributed by atoms with Crippen LogP contribution >= 0.6 is 0 Å². The summed E-state index contributed by atoms with van der Waals surface area (Å²) in [5, 5.41) is 3.02. The first kappa shape index (κ1) is 21.1. The molecule has 3 N–H and O–H groups in total. The molecule has 3 rings (SSSR count). The summed E-state index contributed by atoms with van der Waals surface area (Å²) in [5.74, 6) is 0.216. The number of amides is 2. The number of hydrogen-bond acceptors (Lipinski definition) is 3. The Bertz CT molecular complexity index is 833. The van der Waals surface area contributed by atoms with E-state index in [0.717, 1.165) is 11.1 Å². The van der Waals surface area contributed by atoms with E-state index in [4.69, 9.17) is 5.73 Å². The van der Waals surface area contributed by atoms with Crippen molar-refractivity contribution in [3.8, 4) is 0 Å². The van der Waals surface area contributed by atoms with Gasteiger partial charge in [-0.25, -0.2) is 0 Å². The van der Waals surface area contributed by atoms with Crippen LogP contribution in [0, 0.1) is 5.92 Å². The maximum Gasteiger partial charge on any atom is 0.225 e. The highest BCUT2D eigenvalue weighted by Gasteiger charge is 2.38. The van der Waals surface area contributed by atoms with Crippen LogP contribution in [0.15, 0.2) is 54.6 Å². The molecule has 0 radical (unpaired) electrons. The Hall–Kier alpha value is -2.66. The van der Waals surface area contributed by atoms with E-state index in [1.165, 1.54) is 5.56 Å². The minimum atomic E-state index is -0.282. The normalized spacial score (nSPS) is 20.6. The van der Waals surface area contributed by atoms with Crippen molar-refractivity contribution in [2.75, 3.05) is 13.6 Å². The fourth-order valence-electron chi connectivity index (χ4n) is 4.01. The van der Waals surface area contributed by atoms with Gasteiger partial charge in [-0.05, 0) is 29.0 Å². The average molecular weight is 394 g/mol. The molecule has 3 unspecified atom stereocenters. The molecule has 29 heavy (non-hydrogen) atoms. The molecule has 1 heterocycles. The van der Waals surface area contributed by atoms with E-state index in [9.17, 15) is 9.59 Å². The van der Waals surface area contributed by atoms with Crippen LogP contribution in [-0.4, -0.2) is 30.3 Å². The van der Waals surface area contributed by atoms with Gasteiger partial charge in [-0.3, -0.25) is 9.59 Å². The number of benzene rings is 2. The molecule has 3 atom stereocenters. The van der Waals surface area contributed by atoms with Crippen LogP contribution < -0.4 is 11.1 Å². The van der Waals surface area contributed by atoms with E-state index < -0.39 is 0 Å². The molecule has 2 aromatic rings. The molecule has 0 spiro atoms. The third-order valence-electron chi connectivity index (χ3n) is 5.87. The van der Waals surface area contributed by atoms with Crippen LogP contribution in [0.25, 0.3) is 0 Å². The van der Waals surface area contributed by atoms with Crippen molar-refractivity contribution in [2.24, 2.45) is 11.7 Å². The van der Waals surface area contributed by atoms with Crippen LogP contribution in [0.2, 0.25) is 0 Å². The molecular formula is C24H31N3O2. The van der Waals surface area contributed by atoms with Crippen LogP contribution in [0.3, 0.4) is 0 Å². The number of likely N-dealkylation sites (tertiary alicyclic amines) is 1. The van der Waals surface area contributed by atoms with Crippen molar-refractivity contribution in [1.82, 2.24) is 10.2 Å². The highest BCUT2D eigenvalue weighted by molar-refractivity contribution is 5.84. The lowest BCUT2D eigenvalue weighted by atomic mass is 9.84. The van der Waals surface area contributed by atoms with Crippen molar-refractivity contribution in [2.45, 2.75) is 44.7 Å². The number of nitrogens with two attached hydrogens (primary N) is 1. The largest absolute Gasteiger partial charge is 0.354 e. The second-order valence-electron chi connectivity index (χ2n) is 8.18. The van der Waals surface area contributed by atoms with Gasteiger partial charge >= 0.3 is 0 Å². The first-order valence-corrected chi connectivity index (χ1v) is 10.3. The summed E-state index contributed by atoms with van der Waals surface area (Å²) in [6, 6.07) is 17.5. The number of carbonyl (C=O) groups is 2. The topological polar surface area (TPSA) is 75.4 Å². The lowest BCUT2D eigenvalue weighted by molar-refractivity contribution is -0.141. The molecule has 1 aliphatic rings. The number of rotatable bonds is 6. The summed E-state index contributed by atoms with van der Waals surface area (Å²) in [4.78, 5) is 27.0. The summed E-state index contributed by atoms with van der Waals surface area (Å²) in [6.07, 6.45) is 0.938. The highest BCUT2D eigenvalue weighted by atomic mass is 16.2. The minimum absolute atomic E-state index is 0.0487. The molecule has 0 saturated carbocycles. The first-order valence-electron chi connectivity index (χ1n) is 10.3. The van der Waals surface area contributed by atoms with Gasteiger partial charge in [0.15, 0.2) is 0 Å². The number of nitrogens with zero attached hydrogens (tertiary/aromatic N) is 1. The van der Waals surface area contributed by atoms with E-state index in [2.05, 4.69) is 31.3 Å². The number of hydrogen-bond donors (Lipinski definition) is 2. The predicted octanol–water partition coefficient (Wildman–Crippen LogP) is 3.54. The Labute approximate surface area is 173 Å². The summed E-state index contributed by atoms with van der Waals surface area (Å²) >= 11 is 0. The van der Waals surface area contributed by atoms with Gasteiger partial charge in [0.05, 0.1) is 12.0 Å². The van der Waals surface area contributed by atoms with E-state index in [1.807, 2.05) is 42.5 Å². The fourth-order valence-corrected chi connectivity index (χ4v) is 4.01. The van der Waals surface area contributed by atoms with E-state index >= 15 is 0 Å². The van der Waals surface area contributed by atoms with Crippen LogP contribution in [0.1, 0.15) is 61.4 Å². The van der Waals surface area contributed by atoms with Crippen molar-refractivity contribution < 1.29 is 9.59 Å². The van der Waals surface area contributed by atoms with Crippen molar-refractivity contribution >= 4 is 11.8 Å². The van der Waals surface area contributed by atoms with Gasteiger partial charge in [-0.1, -0.05) is 68.4 Å². The number of carbonyl (C=O) groups excluding carboxylic acids is 2. The average Bonchev–Trinajstić information content (AvgIpc) is 2.74. The second kappa shape index (κ2) is 9.23. The quantitative estimate of drug-likeness (QED) is 0.788. The molecule has 1 fully saturated rings. The Morgan fingerprint density at radius 2 is 1.72 bits per heavy atom. The number of nitrogens with one attached hydrogen (secondary N) is 1. The molecule has 1 aliphatic heterocycles. The predicted molar refractivity (Wildman–Crippen MR) is 115 cm³/mol. The molecule has 2 aromatic carbocycles. The molecule has 5 nitrogen and oxygen atoms in total.